The van der Waals surface area contributed by atoms with Crippen LogP contribution < -0.4 is 9.47 Å². The highest BCUT2D eigenvalue weighted by Crippen LogP contribution is 2.35. The minimum atomic E-state index is -0.0262. The predicted molar refractivity (Wildman–Crippen MR) is 130 cm³/mol. The number of rotatable bonds is 7. The van der Waals surface area contributed by atoms with E-state index in [-0.39, 0.29) is 24.3 Å². The third-order valence-corrected chi connectivity index (χ3v) is 6.12. The van der Waals surface area contributed by atoms with Crippen LogP contribution in [0.5, 0.6) is 11.5 Å². The monoisotopic (exact) mass is 441 g/mol. The lowest BCUT2D eigenvalue weighted by atomic mass is 9.90. The molecule has 0 saturated heterocycles. The number of aliphatic hydroxyl groups is 1. The van der Waals surface area contributed by atoms with Crippen molar-refractivity contribution in [3.8, 4) is 11.5 Å². The highest BCUT2D eigenvalue weighted by Gasteiger charge is 2.26. The molecule has 0 bridgehead atoms. The van der Waals surface area contributed by atoms with Crippen LogP contribution in [-0.2, 0) is 13.0 Å². The zero-order chi connectivity index (χ0) is 23.8. The van der Waals surface area contributed by atoms with Gasteiger partial charge in [-0.25, -0.2) is 0 Å². The molecule has 0 fully saturated rings. The minimum absolute atomic E-state index is 0.0262. The number of aliphatic hydroxyl groups excluding tert-OH is 1. The van der Waals surface area contributed by atoms with E-state index in [2.05, 4.69) is 39.0 Å². The first-order valence-electron chi connectivity index (χ1n) is 11.7. The number of carbonyl (C=O) groups excluding carboxylic acids is 1. The molecule has 1 aliphatic heterocycles. The van der Waals surface area contributed by atoms with E-state index in [4.69, 9.17) is 9.47 Å². The summed E-state index contributed by atoms with van der Waals surface area (Å²) in [4.78, 5) is 15.3. The van der Waals surface area contributed by atoms with Crippen molar-refractivity contribution >= 4 is 5.91 Å². The van der Waals surface area contributed by atoms with Crippen molar-refractivity contribution in [1.29, 1.82) is 0 Å². The molecule has 1 amide bonds. The van der Waals surface area contributed by atoms with Crippen molar-refractivity contribution in [2.45, 2.75) is 65.8 Å². The van der Waals surface area contributed by atoms with E-state index in [9.17, 15) is 9.90 Å². The Morgan fingerprint density at radius 1 is 1.06 bits per heavy atom. The summed E-state index contributed by atoms with van der Waals surface area (Å²) in [6, 6.07) is 10.1. The fraction of sp³-hybridized carbons (Fsp3) is 0.519. The van der Waals surface area contributed by atoms with Crippen LogP contribution in [0, 0.1) is 0 Å². The van der Waals surface area contributed by atoms with Crippen molar-refractivity contribution in [2.24, 2.45) is 0 Å². The Morgan fingerprint density at radius 2 is 1.75 bits per heavy atom. The summed E-state index contributed by atoms with van der Waals surface area (Å²) in [5, 5.41) is 9.65. The molecule has 5 nitrogen and oxygen atoms in total. The topological polar surface area (TPSA) is 59.0 Å². The number of benzene rings is 2. The lowest BCUT2D eigenvalue weighted by molar-refractivity contribution is 0.0731. The first-order chi connectivity index (χ1) is 15.4. The second-order valence-electron chi connectivity index (χ2n) is 8.24. The predicted octanol–water partition coefficient (Wildman–Crippen LogP) is 5.54. The molecule has 1 heterocycles. The molecule has 0 radical (unpaired) electrons. The van der Waals surface area contributed by atoms with Crippen LogP contribution in [0.25, 0.3) is 0 Å². The van der Waals surface area contributed by atoms with Crippen molar-refractivity contribution in [1.82, 2.24) is 4.90 Å². The number of hydrogen-bond donors (Lipinski definition) is 1. The van der Waals surface area contributed by atoms with Gasteiger partial charge in [0.2, 0.25) is 0 Å². The lowest BCUT2D eigenvalue weighted by Gasteiger charge is -2.30. The van der Waals surface area contributed by atoms with Gasteiger partial charge in [0.1, 0.15) is 11.5 Å². The van der Waals surface area contributed by atoms with Crippen LogP contribution >= 0.6 is 0 Å². The smallest absolute Gasteiger partial charge is 0.257 e. The Kier molecular flexibility index (Phi) is 9.58. The molecule has 2 aromatic carbocycles. The summed E-state index contributed by atoms with van der Waals surface area (Å²) < 4.78 is 11.0. The Hall–Kier alpha value is -2.53. The molecule has 0 saturated carbocycles. The van der Waals surface area contributed by atoms with Crippen molar-refractivity contribution in [2.75, 3.05) is 27.4 Å². The van der Waals surface area contributed by atoms with E-state index in [1.165, 1.54) is 5.56 Å². The largest absolute Gasteiger partial charge is 0.496 e. The molecule has 32 heavy (non-hydrogen) atoms. The molecule has 1 N–H and O–H groups in total. The van der Waals surface area contributed by atoms with Gasteiger partial charge >= 0.3 is 0 Å². The quantitative estimate of drug-likeness (QED) is 0.613. The Labute approximate surface area is 193 Å². The zero-order valence-electron chi connectivity index (χ0n) is 20.7. The van der Waals surface area contributed by atoms with E-state index in [0.717, 1.165) is 35.3 Å². The van der Waals surface area contributed by atoms with Crippen molar-refractivity contribution in [3.05, 3.63) is 58.1 Å². The molecule has 0 aliphatic carbocycles. The number of ether oxygens (including phenoxy) is 2. The first kappa shape index (κ1) is 25.7. The van der Waals surface area contributed by atoms with Gasteiger partial charge < -0.3 is 19.5 Å². The lowest BCUT2D eigenvalue weighted by Crippen LogP contribution is -2.36. The summed E-state index contributed by atoms with van der Waals surface area (Å²) in [6.45, 7) is 11.6. The number of carbonyl (C=O) groups is 1. The van der Waals surface area contributed by atoms with Crippen LogP contribution in [0.3, 0.4) is 0 Å². The van der Waals surface area contributed by atoms with Gasteiger partial charge in [-0.1, -0.05) is 52.8 Å². The SMILES string of the molecule is CC.CCC(CO)c1ccc2c(c1)CN(C(=O)c1cc(C(C)C)c(OC)cc1OC)CC2. The molecule has 2 aromatic rings. The molecule has 0 spiro atoms. The summed E-state index contributed by atoms with van der Waals surface area (Å²) in [5.41, 5.74) is 5.14. The minimum Gasteiger partial charge on any atom is -0.496 e. The molecular weight excluding hydrogens is 402 g/mol. The van der Waals surface area contributed by atoms with Crippen LogP contribution in [0.2, 0.25) is 0 Å². The Morgan fingerprint density at radius 3 is 2.31 bits per heavy atom. The van der Waals surface area contributed by atoms with Gasteiger partial charge in [-0.15, -0.1) is 0 Å². The molecule has 5 heteroatoms. The van der Waals surface area contributed by atoms with E-state index in [0.29, 0.717) is 24.4 Å². The maximum atomic E-state index is 13.5. The molecule has 1 atom stereocenters. The maximum absolute atomic E-state index is 13.5. The summed E-state index contributed by atoms with van der Waals surface area (Å²) in [6.07, 6.45) is 1.71. The van der Waals surface area contributed by atoms with Gasteiger partial charge in [0, 0.05) is 31.7 Å². The molecule has 1 aliphatic rings. The number of nitrogens with zero attached hydrogens (tertiary/aromatic N) is 1. The van der Waals surface area contributed by atoms with Gasteiger partial charge in [0.15, 0.2) is 0 Å². The third kappa shape index (κ3) is 5.44. The highest BCUT2D eigenvalue weighted by molar-refractivity contribution is 5.97. The highest BCUT2D eigenvalue weighted by atomic mass is 16.5. The van der Waals surface area contributed by atoms with Gasteiger partial charge in [-0.3, -0.25) is 4.79 Å². The number of amides is 1. The molecular formula is C27H39NO4. The molecule has 1 unspecified atom stereocenters. The standard InChI is InChI=1S/C25H33NO4.C2H6/c1-6-17(15-27)19-8-7-18-9-10-26(14-20(18)11-19)25(28)22-12-21(16(2)3)23(29-4)13-24(22)30-5;1-2/h7-8,11-13,16-17,27H,6,9-10,14-15H2,1-5H3;1-2H3. The van der Waals surface area contributed by atoms with Crippen LogP contribution in [0.15, 0.2) is 30.3 Å². The van der Waals surface area contributed by atoms with E-state index < -0.39 is 0 Å². The summed E-state index contributed by atoms with van der Waals surface area (Å²) in [5.74, 6) is 1.61. The Bertz CT molecular complexity index is 903. The first-order valence-corrected chi connectivity index (χ1v) is 11.7. The van der Waals surface area contributed by atoms with Gasteiger partial charge in [-0.05, 0) is 47.1 Å². The van der Waals surface area contributed by atoms with E-state index in [1.807, 2.05) is 30.9 Å². The third-order valence-electron chi connectivity index (χ3n) is 6.12. The molecule has 176 valence electrons. The van der Waals surface area contributed by atoms with E-state index in [1.54, 1.807) is 14.2 Å². The van der Waals surface area contributed by atoms with Crippen LogP contribution in [0.1, 0.15) is 85.5 Å². The van der Waals surface area contributed by atoms with Crippen LogP contribution in [-0.4, -0.2) is 43.3 Å². The number of hydrogen-bond acceptors (Lipinski definition) is 4. The average Bonchev–Trinajstić information content (AvgIpc) is 2.84. The Balaban J connectivity index is 0.00000176. The van der Waals surface area contributed by atoms with Gasteiger partial charge in [0.05, 0.1) is 19.8 Å². The number of fused-ring (bicyclic) bond motifs is 1. The fourth-order valence-electron chi connectivity index (χ4n) is 4.19. The van der Waals surface area contributed by atoms with Crippen molar-refractivity contribution in [3.63, 3.8) is 0 Å². The summed E-state index contributed by atoms with van der Waals surface area (Å²) >= 11 is 0. The van der Waals surface area contributed by atoms with E-state index >= 15 is 0 Å². The maximum Gasteiger partial charge on any atom is 0.257 e. The van der Waals surface area contributed by atoms with Crippen molar-refractivity contribution < 1.29 is 19.4 Å². The van der Waals surface area contributed by atoms with Crippen LogP contribution in [0.4, 0.5) is 0 Å². The zero-order valence-corrected chi connectivity index (χ0v) is 20.7. The van der Waals surface area contributed by atoms with Gasteiger partial charge in [0.25, 0.3) is 5.91 Å². The second kappa shape index (κ2) is 11.9. The summed E-state index contributed by atoms with van der Waals surface area (Å²) in [7, 11) is 3.22. The normalized spacial score (nSPS) is 13.7. The number of methoxy groups -OCH3 is 2. The van der Waals surface area contributed by atoms with Gasteiger partial charge in [-0.2, -0.15) is 0 Å². The molecule has 3 rings (SSSR count). The molecule has 0 aromatic heterocycles. The average molecular weight is 442 g/mol. The fourth-order valence-corrected chi connectivity index (χ4v) is 4.19. The second-order valence-corrected chi connectivity index (χ2v) is 8.24.